The zero-order valence-electron chi connectivity index (χ0n) is 23.5. The van der Waals surface area contributed by atoms with Gasteiger partial charge in [0.2, 0.25) is 17.8 Å². The molecule has 0 spiro atoms. The number of alkyl halides is 4. The molecular formula is C28H35F4N7O3. The molecule has 0 bridgehead atoms. The van der Waals surface area contributed by atoms with Gasteiger partial charge in [-0.2, -0.15) is 10.2 Å². The van der Waals surface area contributed by atoms with Gasteiger partial charge in [0, 0.05) is 57.5 Å². The highest BCUT2D eigenvalue weighted by Gasteiger charge is 2.46. The Labute approximate surface area is 240 Å². The van der Waals surface area contributed by atoms with E-state index >= 15 is 0 Å². The van der Waals surface area contributed by atoms with E-state index in [4.69, 9.17) is 9.72 Å². The molecule has 2 N–H and O–H groups in total. The van der Waals surface area contributed by atoms with Gasteiger partial charge < -0.3 is 15.4 Å². The zero-order valence-corrected chi connectivity index (χ0v) is 23.5. The van der Waals surface area contributed by atoms with E-state index in [-0.39, 0.29) is 75.2 Å². The zero-order chi connectivity index (χ0) is 30.1. The minimum atomic E-state index is -2.73. The molecule has 0 saturated heterocycles. The molecule has 42 heavy (non-hydrogen) atoms. The van der Waals surface area contributed by atoms with Gasteiger partial charge in [-0.15, -0.1) is 0 Å². The van der Waals surface area contributed by atoms with E-state index in [1.807, 2.05) is 6.92 Å². The summed E-state index contributed by atoms with van der Waals surface area (Å²) in [6.45, 7) is 2.47. The van der Waals surface area contributed by atoms with Crippen LogP contribution in [0.3, 0.4) is 0 Å². The third-order valence-electron chi connectivity index (χ3n) is 8.17. The summed E-state index contributed by atoms with van der Waals surface area (Å²) in [7, 11) is 1.48. The second-order valence-corrected chi connectivity index (χ2v) is 11.3. The van der Waals surface area contributed by atoms with Crippen molar-refractivity contribution in [2.45, 2.75) is 82.3 Å². The molecule has 3 heterocycles. The maximum Gasteiger partial charge on any atom is 0.270 e. The molecule has 10 nitrogen and oxygen atoms in total. The lowest BCUT2D eigenvalue weighted by Gasteiger charge is -2.34. The SMILES string of the molecule is CCn1nccc1C(=O)N[C@H](c1cn2ncc([C@@H](COC)NC(=O)CC3CC(F)(F)C3)cc2n1)C1CCC(F)(F)CC1. The Morgan fingerprint density at radius 1 is 1.12 bits per heavy atom. The topological polar surface area (TPSA) is 115 Å². The minimum absolute atomic E-state index is 0.00223. The second kappa shape index (κ2) is 12.0. The number of fused-ring (bicyclic) bond motifs is 1. The lowest BCUT2D eigenvalue weighted by atomic mass is 9.79. The fourth-order valence-corrected chi connectivity index (χ4v) is 5.90. The van der Waals surface area contributed by atoms with Crippen molar-refractivity contribution < 1.29 is 31.9 Å². The van der Waals surface area contributed by atoms with Gasteiger partial charge in [-0.3, -0.25) is 14.3 Å². The third-order valence-corrected chi connectivity index (χ3v) is 8.17. The van der Waals surface area contributed by atoms with Crippen molar-refractivity contribution in [2.24, 2.45) is 11.8 Å². The summed E-state index contributed by atoms with van der Waals surface area (Å²) in [5, 5.41) is 14.4. The molecule has 0 radical (unpaired) electrons. The van der Waals surface area contributed by atoms with Crippen LogP contribution in [0.25, 0.3) is 5.65 Å². The molecule has 14 heteroatoms. The molecule has 0 aromatic carbocycles. The Hall–Kier alpha value is -3.55. The van der Waals surface area contributed by atoms with Crippen LogP contribution < -0.4 is 10.6 Å². The number of nitrogens with zero attached hydrogens (tertiary/aromatic N) is 5. The van der Waals surface area contributed by atoms with E-state index in [9.17, 15) is 27.2 Å². The van der Waals surface area contributed by atoms with Crippen LogP contribution in [-0.4, -0.2) is 61.8 Å². The molecule has 0 unspecified atom stereocenters. The van der Waals surface area contributed by atoms with E-state index in [0.29, 0.717) is 29.1 Å². The first-order chi connectivity index (χ1) is 20.0. The van der Waals surface area contributed by atoms with Crippen LogP contribution in [0, 0.1) is 11.8 Å². The minimum Gasteiger partial charge on any atom is -0.382 e. The van der Waals surface area contributed by atoms with Crippen molar-refractivity contribution in [2.75, 3.05) is 13.7 Å². The predicted molar refractivity (Wildman–Crippen MR) is 143 cm³/mol. The molecule has 2 amide bonds. The maximum atomic E-state index is 14.0. The number of rotatable bonds is 11. The fraction of sp³-hybridized carbons (Fsp3) is 0.607. The Morgan fingerprint density at radius 2 is 1.86 bits per heavy atom. The fourth-order valence-electron chi connectivity index (χ4n) is 5.90. The Bertz CT molecular complexity index is 1410. The van der Waals surface area contributed by atoms with Crippen molar-refractivity contribution >= 4 is 17.5 Å². The van der Waals surface area contributed by atoms with Crippen LogP contribution in [0.5, 0.6) is 0 Å². The number of hydrogen-bond acceptors (Lipinski definition) is 6. The average Bonchev–Trinajstić information content (AvgIpc) is 3.57. The number of halogens is 4. The highest BCUT2D eigenvalue weighted by Crippen LogP contribution is 2.44. The first kappa shape index (κ1) is 29.9. The quantitative estimate of drug-likeness (QED) is 0.317. The number of aromatic nitrogens is 5. The monoisotopic (exact) mass is 593 g/mol. The third kappa shape index (κ3) is 6.74. The van der Waals surface area contributed by atoms with Gasteiger partial charge in [-0.05, 0) is 43.7 Å². The summed E-state index contributed by atoms with van der Waals surface area (Å²) in [5.74, 6) is -6.80. The summed E-state index contributed by atoms with van der Waals surface area (Å²) < 4.78 is 62.7. The molecule has 3 aromatic rings. The van der Waals surface area contributed by atoms with Gasteiger partial charge in [-0.1, -0.05) is 0 Å². The summed E-state index contributed by atoms with van der Waals surface area (Å²) in [6, 6.07) is 2.08. The molecule has 2 atom stereocenters. The van der Waals surface area contributed by atoms with Gasteiger partial charge in [0.05, 0.1) is 36.8 Å². The lowest BCUT2D eigenvalue weighted by Crippen LogP contribution is -2.40. The number of carbonyl (C=O) groups is 2. The van der Waals surface area contributed by atoms with Crippen LogP contribution in [0.1, 0.15) is 85.7 Å². The summed E-state index contributed by atoms with van der Waals surface area (Å²) >= 11 is 0. The first-order valence-corrected chi connectivity index (χ1v) is 14.2. The number of ether oxygens (including phenoxy) is 1. The van der Waals surface area contributed by atoms with Crippen LogP contribution in [0.15, 0.2) is 30.7 Å². The molecule has 5 rings (SSSR count). The Balaban J connectivity index is 1.37. The molecule has 2 aliphatic rings. The summed E-state index contributed by atoms with van der Waals surface area (Å²) in [6.07, 6.45) is 4.03. The van der Waals surface area contributed by atoms with E-state index in [0.717, 1.165) is 0 Å². The highest BCUT2D eigenvalue weighted by atomic mass is 19.3. The Kier molecular flexibility index (Phi) is 8.53. The van der Waals surface area contributed by atoms with Gasteiger partial charge in [0.1, 0.15) is 5.69 Å². The van der Waals surface area contributed by atoms with Crippen LogP contribution in [0.2, 0.25) is 0 Å². The first-order valence-electron chi connectivity index (χ1n) is 14.2. The summed E-state index contributed by atoms with van der Waals surface area (Å²) in [4.78, 5) is 30.5. The Morgan fingerprint density at radius 3 is 2.52 bits per heavy atom. The van der Waals surface area contributed by atoms with Gasteiger partial charge >= 0.3 is 0 Å². The number of hydrogen-bond donors (Lipinski definition) is 2. The predicted octanol–water partition coefficient (Wildman–Crippen LogP) is 4.48. The van der Waals surface area contributed by atoms with E-state index < -0.39 is 23.9 Å². The van der Waals surface area contributed by atoms with Crippen molar-refractivity contribution in [3.05, 3.63) is 47.7 Å². The lowest BCUT2D eigenvalue weighted by molar-refractivity contribution is -0.134. The highest BCUT2D eigenvalue weighted by molar-refractivity contribution is 5.92. The number of amides is 2. The standard InChI is InChI=1S/C28H35F4N7O3/c1-3-38-22(6-9-33-38)26(41)37-25(18-4-7-27(29,30)8-5-18)20-15-39-23(35-20)11-19(14-34-39)21(16-42-2)36-24(40)10-17-12-28(31,32)13-17/h6,9,11,14-15,17-18,21,25H,3-5,7-8,10,12-13,16H2,1-2H3,(H,36,40)(H,37,41)/t21-,25+/m1/s1. The van der Waals surface area contributed by atoms with Crippen molar-refractivity contribution in [3.8, 4) is 0 Å². The van der Waals surface area contributed by atoms with Gasteiger partial charge in [-0.25, -0.2) is 27.1 Å². The molecule has 2 saturated carbocycles. The molecule has 2 fully saturated rings. The molecule has 0 aliphatic heterocycles. The molecule has 228 valence electrons. The van der Waals surface area contributed by atoms with Gasteiger partial charge in [0.15, 0.2) is 5.65 Å². The van der Waals surface area contributed by atoms with Crippen LogP contribution >= 0.6 is 0 Å². The molecular weight excluding hydrogens is 558 g/mol. The number of methoxy groups -OCH3 is 1. The second-order valence-electron chi connectivity index (χ2n) is 11.3. The van der Waals surface area contributed by atoms with Crippen molar-refractivity contribution in [1.82, 2.24) is 35.0 Å². The smallest absolute Gasteiger partial charge is 0.270 e. The largest absolute Gasteiger partial charge is 0.382 e. The van der Waals surface area contributed by atoms with Gasteiger partial charge in [0.25, 0.3) is 5.91 Å². The molecule has 3 aromatic heterocycles. The number of carbonyl (C=O) groups excluding carboxylic acids is 2. The van der Waals surface area contributed by atoms with Crippen LogP contribution in [-0.2, 0) is 16.1 Å². The van der Waals surface area contributed by atoms with E-state index in [1.54, 1.807) is 29.2 Å². The molecule has 2 aliphatic carbocycles. The van der Waals surface area contributed by atoms with Crippen LogP contribution in [0.4, 0.5) is 17.6 Å². The van der Waals surface area contributed by atoms with Crippen molar-refractivity contribution in [3.63, 3.8) is 0 Å². The number of nitrogens with one attached hydrogen (secondary N) is 2. The summed E-state index contributed by atoms with van der Waals surface area (Å²) in [5.41, 5.74) is 1.86. The van der Waals surface area contributed by atoms with Crippen molar-refractivity contribution in [1.29, 1.82) is 0 Å². The van der Waals surface area contributed by atoms with E-state index in [2.05, 4.69) is 20.8 Å². The number of imidazole rings is 1. The maximum absolute atomic E-state index is 14.0. The average molecular weight is 594 g/mol. The van der Waals surface area contributed by atoms with E-state index in [1.165, 1.54) is 17.8 Å². The normalized spacial score (nSPS) is 20.1. The number of aryl methyl sites for hydroxylation is 1.